The molecule has 2 aliphatic rings. The Morgan fingerprint density at radius 3 is 2.22 bits per heavy atom. The highest BCUT2D eigenvalue weighted by atomic mass is 35.5. The maximum absolute atomic E-state index is 13.6. The van der Waals surface area contributed by atoms with E-state index in [1.165, 1.54) is 15.2 Å². The lowest BCUT2D eigenvalue weighted by Gasteiger charge is -2.36. The minimum Gasteiger partial charge on any atom is -0.368 e. The second kappa shape index (κ2) is 10.1. The summed E-state index contributed by atoms with van der Waals surface area (Å²) in [6.07, 6.45) is 3.24. The van der Waals surface area contributed by atoms with Crippen LogP contribution in [0.3, 0.4) is 0 Å². The number of para-hydroxylation sites is 1. The molecule has 12 heteroatoms. The molecule has 0 aliphatic carbocycles. The van der Waals surface area contributed by atoms with Crippen molar-refractivity contribution < 1.29 is 13.2 Å². The highest BCUT2D eigenvalue weighted by molar-refractivity contribution is 7.89. The number of benzene rings is 1. The number of carbonyl (C=O) groups excluding carboxylic acids is 1. The van der Waals surface area contributed by atoms with Gasteiger partial charge in [-0.15, -0.1) is 0 Å². The quantitative estimate of drug-likeness (QED) is 0.498. The summed E-state index contributed by atoms with van der Waals surface area (Å²) in [6, 6.07) is 13.3. The van der Waals surface area contributed by atoms with E-state index in [1.54, 1.807) is 18.1 Å². The molecular weight excluding hydrogens is 502 g/mol. The van der Waals surface area contributed by atoms with Crippen LogP contribution in [0.25, 0.3) is 0 Å². The van der Waals surface area contributed by atoms with Gasteiger partial charge in [-0.2, -0.15) is 9.40 Å². The van der Waals surface area contributed by atoms with Gasteiger partial charge in [0.2, 0.25) is 5.03 Å². The van der Waals surface area contributed by atoms with E-state index in [0.717, 1.165) is 11.5 Å². The summed E-state index contributed by atoms with van der Waals surface area (Å²) in [5, 5.41) is 4.66. The Bertz CT molecular complexity index is 1330. The number of nitrogens with zero attached hydrogens (tertiary/aromatic N) is 7. The van der Waals surface area contributed by atoms with Crippen LogP contribution in [0.1, 0.15) is 10.4 Å². The molecule has 2 aliphatic heterocycles. The van der Waals surface area contributed by atoms with Crippen LogP contribution in [0, 0.1) is 0 Å². The molecule has 5 rings (SSSR count). The van der Waals surface area contributed by atoms with Gasteiger partial charge in [0.15, 0.2) is 0 Å². The van der Waals surface area contributed by atoms with Crippen molar-refractivity contribution in [1.82, 2.24) is 24.0 Å². The number of aromatic nitrogens is 3. The van der Waals surface area contributed by atoms with E-state index in [-0.39, 0.29) is 29.6 Å². The standard InChI is InChI=1S/C24H28ClN7O3S/c1-28-18-19(24(33)31-12-10-30(11-13-31)22-8-4-5-9-26-22)23(27-28)36(34,35)32-16-14-29(15-17-32)21-7-3-2-6-20(21)25/h2-9,18H,10-17H2,1H3. The van der Waals surface area contributed by atoms with Gasteiger partial charge in [0.05, 0.1) is 16.3 Å². The van der Waals surface area contributed by atoms with E-state index in [0.29, 0.717) is 44.3 Å². The lowest BCUT2D eigenvalue weighted by Crippen LogP contribution is -2.50. The summed E-state index contributed by atoms with van der Waals surface area (Å²) < 4.78 is 29.9. The topological polar surface area (TPSA) is 94.9 Å². The highest BCUT2D eigenvalue weighted by Crippen LogP contribution is 2.28. The van der Waals surface area contributed by atoms with Gasteiger partial charge < -0.3 is 14.7 Å². The normalized spacial score (nSPS) is 17.4. The van der Waals surface area contributed by atoms with Crippen molar-refractivity contribution in [2.45, 2.75) is 5.03 Å². The fraction of sp³-hybridized carbons (Fsp3) is 0.375. The number of hydrogen-bond donors (Lipinski definition) is 0. The van der Waals surface area contributed by atoms with Crippen molar-refractivity contribution in [2.75, 3.05) is 62.2 Å². The lowest BCUT2D eigenvalue weighted by molar-refractivity contribution is 0.0742. The van der Waals surface area contributed by atoms with Crippen LogP contribution in [0.2, 0.25) is 5.02 Å². The Morgan fingerprint density at radius 2 is 1.56 bits per heavy atom. The molecule has 4 heterocycles. The smallest absolute Gasteiger partial charge is 0.263 e. The molecule has 2 fully saturated rings. The molecule has 0 radical (unpaired) electrons. The maximum Gasteiger partial charge on any atom is 0.263 e. The molecule has 0 unspecified atom stereocenters. The van der Waals surface area contributed by atoms with E-state index < -0.39 is 10.0 Å². The zero-order valence-electron chi connectivity index (χ0n) is 20.0. The van der Waals surface area contributed by atoms with E-state index in [1.807, 2.05) is 42.5 Å². The summed E-state index contributed by atoms with van der Waals surface area (Å²) in [6.45, 7) is 3.73. The molecule has 36 heavy (non-hydrogen) atoms. The van der Waals surface area contributed by atoms with Crippen molar-refractivity contribution in [2.24, 2.45) is 7.05 Å². The minimum absolute atomic E-state index is 0.109. The van der Waals surface area contributed by atoms with Gasteiger partial charge in [-0.1, -0.05) is 29.8 Å². The molecule has 2 aromatic heterocycles. The first-order valence-corrected chi connectivity index (χ1v) is 13.6. The zero-order chi connectivity index (χ0) is 25.3. The largest absolute Gasteiger partial charge is 0.368 e. The second-order valence-electron chi connectivity index (χ2n) is 8.83. The van der Waals surface area contributed by atoms with Gasteiger partial charge in [0.1, 0.15) is 5.82 Å². The first kappa shape index (κ1) is 24.5. The first-order chi connectivity index (χ1) is 17.3. The predicted molar refractivity (Wildman–Crippen MR) is 138 cm³/mol. The molecule has 0 bridgehead atoms. The Morgan fingerprint density at radius 1 is 0.889 bits per heavy atom. The molecule has 190 valence electrons. The summed E-state index contributed by atoms with van der Waals surface area (Å²) in [7, 11) is -2.32. The summed E-state index contributed by atoms with van der Waals surface area (Å²) in [5.41, 5.74) is 0.993. The average Bonchev–Trinajstić information content (AvgIpc) is 3.32. The zero-order valence-corrected chi connectivity index (χ0v) is 21.6. The van der Waals surface area contributed by atoms with Crippen molar-refractivity contribution >= 4 is 39.0 Å². The van der Waals surface area contributed by atoms with Gasteiger partial charge in [-0.3, -0.25) is 9.48 Å². The fourth-order valence-corrected chi connectivity index (χ4v) is 6.45. The van der Waals surface area contributed by atoms with Crippen LogP contribution in [0.5, 0.6) is 0 Å². The van der Waals surface area contributed by atoms with Crippen molar-refractivity contribution in [3.63, 3.8) is 0 Å². The van der Waals surface area contributed by atoms with Crippen LogP contribution >= 0.6 is 11.6 Å². The number of amides is 1. The number of halogens is 1. The first-order valence-electron chi connectivity index (χ1n) is 11.8. The molecule has 0 saturated carbocycles. The molecule has 1 amide bonds. The molecule has 10 nitrogen and oxygen atoms in total. The number of pyridine rings is 1. The Balaban J connectivity index is 1.29. The molecule has 1 aromatic carbocycles. The summed E-state index contributed by atoms with van der Waals surface area (Å²) >= 11 is 6.32. The van der Waals surface area contributed by atoms with Crippen molar-refractivity contribution in [3.05, 3.63) is 65.4 Å². The van der Waals surface area contributed by atoms with Crippen molar-refractivity contribution in [3.8, 4) is 0 Å². The predicted octanol–water partition coefficient (Wildman–Crippen LogP) is 1.94. The number of hydrogen-bond acceptors (Lipinski definition) is 7. The molecule has 0 spiro atoms. The van der Waals surface area contributed by atoms with Crippen LogP contribution in [-0.4, -0.2) is 90.7 Å². The van der Waals surface area contributed by atoms with Crippen LogP contribution in [0.15, 0.2) is 59.9 Å². The number of sulfonamides is 1. The van der Waals surface area contributed by atoms with Crippen LogP contribution in [0.4, 0.5) is 11.5 Å². The summed E-state index contributed by atoms with van der Waals surface area (Å²) in [4.78, 5) is 23.7. The van der Waals surface area contributed by atoms with Gasteiger partial charge >= 0.3 is 0 Å². The van der Waals surface area contributed by atoms with Gasteiger partial charge in [-0.25, -0.2) is 13.4 Å². The monoisotopic (exact) mass is 529 g/mol. The molecule has 0 N–H and O–H groups in total. The Kier molecular flexibility index (Phi) is 6.87. The number of carbonyl (C=O) groups is 1. The number of piperazine rings is 2. The Hall–Kier alpha value is -3.15. The van der Waals surface area contributed by atoms with E-state index in [4.69, 9.17) is 11.6 Å². The minimum atomic E-state index is -3.95. The van der Waals surface area contributed by atoms with Gasteiger partial charge in [-0.05, 0) is 24.3 Å². The maximum atomic E-state index is 13.6. The number of rotatable bonds is 5. The number of anilines is 2. The third-order valence-corrected chi connectivity index (χ3v) is 8.74. The third-order valence-electron chi connectivity index (χ3n) is 6.58. The molecular formula is C24H28ClN7O3S. The molecule has 0 atom stereocenters. The van der Waals surface area contributed by atoms with E-state index in [2.05, 4.69) is 19.9 Å². The van der Waals surface area contributed by atoms with E-state index >= 15 is 0 Å². The van der Waals surface area contributed by atoms with Crippen LogP contribution in [-0.2, 0) is 17.1 Å². The fourth-order valence-electron chi connectivity index (χ4n) is 4.65. The summed E-state index contributed by atoms with van der Waals surface area (Å²) in [5.74, 6) is 0.544. The molecule has 3 aromatic rings. The lowest BCUT2D eigenvalue weighted by atomic mass is 10.2. The average molecular weight is 530 g/mol. The van der Waals surface area contributed by atoms with Gasteiger partial charge in [0.25, 0.3) is 15.9 Å². The van der Waals surface area contributed by atoms with Gasteiger partial charge in [0, 0.05) is 71.8 Å². The number of aryl methyl sites for hydroxylation is 1. The third kappa shape index (κ3) is 4.78. The molecule has 2 saturated heterocycles. The highest BCUT2D eigenvalue weighted by Gasteiger charge is 2.36. The Labute approximate surface area is 215 Å². The SMILES string of the molecule is Cn1cc(C(=O)N2CCN(c3ccccn3)CC2)c(S(=O)(=O)N2CCN(c3ccccc3Cl)CC2)n1. The second-order valence-corrected chi connectivity index (χ2v) is 11.1. The van der Waals surface area contributed by atoms with Crippen molar-refractivity contribution in [1.29, 1.82) is 0 Å². The van der Waals surface area contributed by atoms with E-state index in [9.17, 15) is 13.2 Å². The van der Waals surface area contributed by atoms with Crippen LogP contribution < -0.4 is 9.80 Å².